The van der Waals surface area contributed by atoms with Gasteiger partial charge in [-0.15, -0.1) is 0 Å². The van der Waals surface area contributed by atoms with Crippen LogP contribution in [0.2, 0.25) is 0 Å². The lowest BCUT2D eigenvalue weighted by Gasteiger charge is -2.28. The normalized spacial score (nSPS) is 24.5. The molecule has 2 atom stereocenters. The number of nitrogens with one attached hydrogen (secondary N) is 1. The number of hydrogen-bond acceptors (Lipinski definition) is 2. The first-order chi connectivity index (χ1) is 8.20. The Morgan fingerprint density at radius 2 is 2.18 bits per heavy atom. The first-order valence-electron chi connectivity index (χ1n) is 6.67. The zero-order chi connectivity index (χ0) is 12.3. The van der Waals surface area contributed by atoms with Crippen LogP contribution in [-0.4, -0.2) is 31.1 Å². The fourth-order valence-corrected chi connectivity index (χ4v) is 2.87. The van der Waals surface area contributed by atoms with Crippen LogP contribution in [0.15, 0.2) is 24.3 Å². The first kappa shape index (κ1) is 12.6. The predicted octanol–water partition coefficient (Wildman–Crippen LogP) is 2.42. The maximum atomic E-state index is 3.51. The van der Waals surface area contributed by atoms with E-state index < -0.39 is 0 Å². The molecule has 1 heterocycles. The second-order valence-electron chi connectivity index (χ2n) is 5.30. The molecule has 94 valence electrons. The lowest BCUT2D eigenvalue weighted by Crippen LogP contribution is -2.37. The summed E-state index contributed by atoms with van der Waals surface area (Å²) in [6.07, 6.45) is 1.27. The maximum absolute atomic E-state index is 3.51. The Hall–Kier alpha value is -0.860. The summed E-state index contributed by atoms with van der Waals surface area (Å²) in [5.74, 6) is 0.810. The molecule has 1 fully saturated rings. The number of rotatable bonds is 4. The molecule has 1 aliphatic heterocycles. The lowest BCUT2D eigenvalue weighted by atomic mass is 9.99. The third kappa shape index (κ3) is 3.08. The molecule has 0 radical (unpaired) electrons. The largest absolute Gasteiger partial charge is 0.315 e. The van der Waals surface area contributed by atoms with Crippen LogP contribution >= 0.6 is 0 Å². The van der Waals surface area contributed by atoms with E-state index in [9.17, 15) is 0 Å². The van der Waals surface area contributed by atoms with Crippen LogP contribution in [0.25, 0.3) is 0 Å². The highest BCUT2D eigenvalue weighted by Crippen LogP contribution is 2.19. The van der Waals surface area contributed by atoms with Crippen LogP contribution in [0, 0.1) is 12.8 Å². The monoisotopic (exact) mass is 232 g/mol. The number of likely N-dealkylation sites (N-methyl/N-ethyl adjacent to an activating group) is 1. The van der Waals surface area contributed by atoms with Crippen LogP contribution in [0.1, 0.15) is 24.5 Å². The molecule has 0 aromatic heterocycles. The summed E-state index contributed by atoms with van der Waals surface area (Å²) in [7, 11) is 2.25. The Morgan fingerprint density at radius 1 is 1.35 bits per heavy atom. The number of benzene rings is 1. The van der Waals surface area contributed by atoms with Crippen LogP contribution in [0.5, 0.6) is 0 Å². The van der Waals surface area contributed by atoms with Gasteiger partial charge < -0.3 is 5.32 Å². The van der Waals surface area contributed by atoms with Gasteiger partial charge in [0.15, 0.2) is 0 Å². The predicted molar refractivity (Wildman–Crippen MR) is 73.1 cm³/mol. The fraction of sp³-hybridized carbons (Fsp3) is 0.600. The number of nitrogens with zero attached hydrogens (tertiary/aromatic N) is 1. The van der Waals surface area contributed by atoms with Crippen molar-refractivity contribution in [1.82, 2.24) is 10.2 Å². The summed E-state index contributed by atoms with van der Waals surface area (Å²) in [5, 5.41) is 3.51. The number of aryl methyl sites for hydroxylation is 1. The van der Waals surface area contributed by atoms with Gasteiger partial charge in [0.05, 0.1) is 0 Å². The minimum atomic E-state index is 0.695. The van der Waals surface area contributed by atoms with Crippen LogP contribution in [0.3, 0.4) is 0 Å². The molecule has 0 amide bonds. The zero-order valence-corrected chi connectivity index (χ0v) is 11.2. The average Bonchev–Trinajstić information content (AvgIpc) is 2.77. The van der Waals surface area contributed by atoms with Crippen LogP contribution < -0.4 is 5.32 Å². The van der Waals surface area contributed by atoms with Gasteiger partial charge in [0.1, 0.15) is 0 Å². The quantitative estimate of drug-likeness (QED) is 0.857. The van der Waals surface area contributed by atoms with E-state index in [0.29, 0.717) is 6.04 Å². The van der Waals surface area contributed by atoms with E-state index in [0.717, 1.165) is 19.0 Å². The Labute approximate surface area is 105 Å². The molecule has 1 aromatic rings. The molecule has 0 spiro atoms. The molecule has 0 bridgehead atoms. The molecule has 0 aliphatic carbocycles. The van der Waals surface area contributed by atoms with Crippen molar-refractivity contribution in [2.75, 3.05) is 20.1 Å². The average molecular weight is 232 g/mol. The summed E-state index contributed by atoms with van der Waals surface area (Å²) in [6.45, 7) is 7.84. The number of hydrogen-bond donors (Lipinski definition) is 1. The zero-order valence-electron chi connectivity index (χ0n) is 11.2. The van der Waals surface area contributed by atoms with E-state index >= 15 is 0 Å². The second-order valence-corrected chi connectivity index (χ2v) is 5.30. The standard InChI is InChI=1S/C15H24N2/c1-4-14-9-16-10-15(14)17(3)11-13-7-5-6-12(2)8-13/h5-8,14-16H,4,9-11H2,1-3H3. The van der Waals surface area contributed by atoms with Gasteiger partial charge >= 0.3 is 0 Å². The molecule has 2 heteroatoms. The molecule has 0 saturated carbocycles. The van der Waals surface area contributed by atoms with E-state index in [2.05, 4.69) is 55.4 Å². The third-order valence-electron chi connectivity index (χ3n) is 3.91. The highest BCUT2D eigenvalue weighted by molar-refractivity contribution is 5.22. The molecule has 17 heavy (non-hydrogen) atoms. The summed E-state index contributed by atoms with van der Waals surface area (Å²) in [4.78, 5) is 2.50. The van der Waals surface area contributed by atoms with E-state index in [4.69, 9.17) is 0 Å². The summed E-state index contributed by atoms with van der Waals surface area (Å²) in [6, 6.07) is 9.53. The highest BCUT2D eigenvalue weighted by Gasteiger charge is 2.28. The van der Waals surface area contributed by atoms with Gasteiger partial charge in [-0.1, -0.05) is 43.2 Å². The third-order valence-corrected chi connectivity index (χ3v) is 3.91. The highest BCUT2D eigenvalue weighted by atomic mass is 15.2. The minimum absolute atomic E-state index is 0.695. The minimum Gasteiger partial charge on any atom is -0.315 e. The molecule has 2 unspecified atom stereocenters. The van der Waals surface area contributed by atoms with Crippen molar-refractivity contribution in [3.8, 4) is 0 Å². The van der Waals surface area contributed by atoms with Crippen molar-refractivity contribution in [1.29, 1.82) is 0 Å². The molecule has 1 saturated heterocycles. The Morgan fingerprint density at radius 3 is 2.88 bits per heavy atom. The van der Waals surface area contributed by atoms with Gasteiger partial charge in [-0.25, -0.2) is 0 Å². The van der Waals surface area contributed by atoms with Crippen molar-refractivity contribution < 1.29 is 0 Å². The summed E-state index contributed by atoms with van der Waals surface area (Å²) in [5.41, 5.74) is 2.78. The fourth-order valence-electron chi connectivity index (χ4n) is 2.87. The van der Waals surface area contributed by atoms with Gasteiger partial charge in [0.25, 0.3) is 0 Å². The molecule has 2 nitrogen and oxygen atoms in total. The molecular formula is C15H24N2. The molecular weight excluding hydrogens is 208 g/mol. The Bertz CT molecular complexity index is 362. The van der Waals surface area contributed by atoms with Gasteiger partial charge in [-0.2, -0.15) is 0 Å². The van der Waals surface area contributed by atoms with Gasteiger partial charge in [0.2, 0.25) is 0 Å². The Kier molecular flexibility index (Phi) is 4.19. The van der Waals surface area contributed by atoms with Gasteiger partial charge in [-0.05, 0) is 32.0 Å². The molecule has 1 aromatic carbocycles. The van der Waals surface area contributed by atoms with Crippen LogP contribution in [0.4, 0.5) is 0 Å². The maximum Gasteiger partial charge on any atom is 0.0261 e. The van der Waals surface area contributed by atoms with Gasteiger partial charge in [-0.3, -0.25) is 4.90 Å². The van der Waals surface area contributed by atoms with Gasteiger partial charge in [0, 0.05) is 19.1 Å². The van der Waals surface area contributed by atoms with Crippen molar-refractivity contribution >= 4 is 0 Å². The van der Waals surface area contributed by atoms with Crippen molar-refractivity contribution in [2.45, 2.75) is 32.9 Å². The van der Waals surface area contributed by atoms with Crippen molar-refractivity contribution in [3.63, 3.8) is 0 Å². The van der Waals surface area contributed by atoms with Crippen LogP contribution in [-0.2, 0) is 6.54 Å². The smallest absolute Gasteiger partial charge is 0.0261 e. The molecule has 1 aliphatic rings. The van der Waals surface area contributed by atoms with Crippen molar-refractivity contribution in [3.05, 3.63) is 35.4 Å². The Balaban J connectivity index is 1.99. The summed E-state index contributed by atoms with van der Waals surface area (Å²) < 4.78 is 0. The molecule has 1 N–H and O–H groups in total. The topological polar surface area (TPSA) is 15.3 Å². The van der Waals surface area contributed by atoms with E-state index in [1.165, 1.54) is 24.1 Å². The SMILES string of the molecule is CCC1CNCC1N(C)Cc1cccc(C)c1. The lowest BCUT2D eigenvalue weighted by molar-refractivity contribution is 0.201. The summed E-state index contributed by atoms with van der Waals surface area (Å²) >= 11 is 0. The van der Waals surface area contributed by atoms with E-state index in [1.54, 1.807) is 0 Å². The molecule has 2 rings (SSSR count). The second kappa shape index (κ2) is 5.65. The van der Waals surface area contributed by atoms with E-state index in [-0.39, 0.29) is 0 Å². The van der Waals surface area contributed by atoms with Crippen molar-refractivity contribution in [2.24, 2.45) is 5.92 Å². The van der Waals surface area contributed by atoms with E-state index in [1.807, 2.05) is 0 Å². The first-order valence-corrected chi connectivity index (χ1v) is 6.67.